The fourth-order valence-corrected chi connectivity index (χ4v) is 6.83. The summed E-state index contributed by atoms with van der Waals surface area (Å²) in [5.74, 6) is 0.289. The maximum absolute atomic E-state index is 11.8. The molecule has 0 aromatic rings. The van der Waals surface area contributed by atoms with Crippen molar-refractivity contribution in [2.45, 2.75) is 92.6 Å². The van der Waals surface area contributed by atoms with Crippen LogP contribution in [0.15, 0.2) is 11.1 Å². The SMILES string of the molecule is CC(=O)NC[C@H]1C2=C(CC[C@@H]1C1(C)CCC(OC(C)=O)CC1COC(C)=O)C(C)(C)CC2. The molecule has 6 nitrogen and oxygen atoms in total. The van der Waals surface area contributed by atoms with Crippen molar-refractivity contribution in [1.29, 1.82) is 0 Å². The second kappa shape index (κ2) is 9.56. The van der Waals surface area contributed by atoms with E-state index in [1.54, 1.807) is 18.1 Å². The molecule has 3 aliphatic carbocycles. The minimum Gasteiger partial charge on any atom is -0.466 e. The molecule has 0 aliphatic heterocycles. The third kappa shape index (κ3) is 5.20. The van der Waals surface area contributed by atoms with E-state index in [9.17, 15) is 14.4 Å². The van der Waals surface area contributed by atoms with Gasteiger partial charge < -0.3 is 14.8 Å². The van der Waals surface area contributed by atoms with Crippen LogP contribution in [0, 0.1) is 28.6 Å². The van der Waals surface area contributed by atoms with Gasteiger partial charge >= 0.3 is 11.9 Å². The Kier molecular flexibility index (Phi) is 7.41. The molecule has 180 valence electrons. The van der Waals surface area contributed by atoms with Gasteiger partial charge in [0.15, 0.2) is 0 Å². The lowest BCUT2D eigenvalue weighted by Crippen LogP contribution is -2.50. The summed E-state index contributed by atoms with van der Waals surface area (Å²) in [6, 6.07) is 0. The Morgan fingerprint density at radius 1 is 1.00 bits per heavy atom. The second-order valence-electron chi connectivity index (χ2n) is 11.1. The molecule has 0 saturated heterocycles. The summed E-state index contributed by atoms with van der Waals surface area (Å²) in [5, 5.41) is 3.11. The number of hydrogen-bond acceptors (Lipinski definition) is 5. The van der Waals surface area contributed by atoms with Gasteiger partial charge in [0.05, 0.1) is 6.61 Å². The number of esters is 2. The molecule has 0 bridgehead atoms. The lowest BCUT2D eigenvalue weighted by Gasteiger charge is -2.53. The van der Waals surface area contributed by atoms with Crippen LogP contribution in [0.25, 0.3) is 0 Å². The molecule has 1 fully saturated rings. The molecule has 1 N–H and O–H groups in total. The average Bonchev–Trinajstić information content (AvgIpc) is 3.01. The van der Waals surface area contributed by atoms with E-state index in [0.29, 0.717) is 31.4 Å². The van der Waals surface area contributed by atoms with Gasteiger partial charge in [-0.15, -0.1) is 0 Å². The van der Waals surface area contributed by atoms with Gasteiger partial charge in [-0.3, -0.25) is 14.4 Å². The van der Waals surface area contributed by atoms with E-state index in [1.165, 1.54) is 20.3 Å². The summed E-state index contributed by atoms with van der Waals surface area (Å²) in [7, 11) is 0. The third-order valence-electron chi connectivity index (χ3n) is 8.59. The van der Waals surface area contributed by atoms with Crippen LogP contribution >= 0.6 is 0 Å². The van der Waals surface area contributed by atoms with Crippen LogP contribution < -0.4 is 5.32 Å². The molecule has 0 spiro atoms. The fraction of sp³-hybridized carbons (Fsp3) is 0.808. The van der Waals surface area contributed by atoms with Gasteiger partial charge in [-0.25, -0.2) is 0 Å². The number of carbonyl (C=O) groups is 3. The molecule has 5 atom stereocenters. The highest BCUT2D eigenvalue weighted by molar-refractivity contribution is 5.72. The molecule has 1 amide bonds. The molecule has 0 radical (unpaired) electrons. The van der Waals surface area contributed by atoms with E-state index in [2.05, 4.69) is 26.1 Å². The van der Waals surface area contributed by atoms with Gasteiger partial charge in [0, 0.05) is 39.2 Å². The molecule has 3 rings (SSSR count). The monoisotopic (exact) mass is 447 g/mol. The van der Waals surface area contributed by atoms with E-state index in [0.717, 1.165) is 32.1 Å². The van der Waals surface area contributed by atoms with Crippen LogP contribution in [0.5, 0.6) is 0 Å². The lowest BCUT2D eigenvalue weighted by molar-refractivity contribution is -0.158. The van der Waals surface area contributed by atoms with Crippen molar-refractivity contribution in [3.8, 4) is 0 Å². The van der Waals surface area contributed by atoms with Gasteiger partial charge in [-0.1, -0.05) is 31.9 Å². The first-order valence-electron chi connectivity index (χ1n) is 12.2. The Morgan fingerprint density at radius 3 is 2.34 bits per heavy atom. The van der Waals surface area contributed by atoms with Crippen LogP contribution in [0.2, 0.25) is 0 Å². The topological polar surface area (TPSA) is 81.7 Å². The zero-order valence-corrected chi connectivity index (χ0v) is 20.7. The maximum atomic E-state index is 11.8. The average molecular weight is 448 g/mol. The van der Waals surface area contributed by atoms with E-state index in [1.807, 2.05) is 0 Å². The summed E-state index contributed by atoms with van der Waals surface area (Å²) in [6.07, 6.45) is 6.79. The van der Waals surface area contributed by atoms with Crippen molar-refractivity contribution in [2.75, 3.05) is 13.2 Å². The van der Waals surface area contributed by atoms with Crippen molar-refractivity contribution in [3.63, 3.8) is 0 Å². The molecule has 0 heterocycles. The Balaban J connectivity index is 1.92. The number of hydrogen-bond donors (Lipinski definition) is 1. The van der Waals surface area contributed by atoms with E-state index in [-0.39, 0.29) is 40.7 Å². The highest BCUT2D eigenvalue weighted by Crippen LogP contribution is 2.59. The molecule has 3 aliphatic rings. The summed E-state index contributed by atoms with van der Waals surface area (Å²) < 4.78 is 11.1. The van der Waals surface area contributed by atoms with Gasteiger partial charge in [0.1, 0.15) is 6.10 Å². The van der Waals surface area contributed by atoms with Crippen LogP contribution in [0.1, 0.15) is 86.5 Å². The third-order valence-corrected chi connectivity index (χ3v) is 8.59. The van der Waals surface area contributed by atoms with Crippen molar-refractivity contribution in [3.05, 3.63) is 11.1 Å². The number of ether oxygens (including phenoxy) is 2. The molecule has 6 heteroatoms. The Morgan fingerprint density at radius 2 is 1.72 bits per heavy atom. The molecular weight excluding hydrogens is 406 g/mol. The number of allylic oxidation sites excluding steroid dienone is 1. The molecule has 32 heavy (non-hydrogen) atoms. The number of rotatable bonds is 6. The van der Waals surface area contributed by atoms with Crippen LogP contribution in [0.4, 0.5) is 0 Å². The van der Waals surface area contributed by atoms with Crippen molar-refractivity contribution in [2.24, 2.45) is 28.6 Å². The Bertz CT molecular complexity index is 785. The van der Waals surface area contributed by atoms with E-state index < -0.39 is 0 Å². The number of carbonyl (C=O) groups excluding carboxylic acids is 3. The molecule has 0 aromatic heterocycles. The van der Waals surface area contributed by atoms with Gasteiger partial charge in [0.25, 0.3) is 0 Å². The molecule has 3 unspecified atom stereocenters. The first-order valence-corrected chi connectivity index (χ1v) is 12.2. The van der Waals surface area contributed by atoms with E-state index >= 15 is 0 Å². The van der Waals surface area contributed by atoms with Crippen molar-refractivity contribution in [1.82, 2.24) is 5.32 Å². The van der Waals surface area contributed by atoms with E-state index in [4.69, 9.17) is 9.47 Å². The quantitative estimate of drug-likeness (QED) is 0.477. The molecule has 0 aromatic carbocycles. The zero-order chi connectivity index (χ0) is 23.7. The molecular formula is C26H41NO5. The summed E-state index contributed by atoms with van der Waals surface area (Å²) >= 11 is 0. The zero-order valence-electron chi connectivity index (χ0n) is 20.7. The first-order chi connectivity index (χ1) is 14.9. The van der Waals surface area contributed by atoms with Gasteiger partial charge in [0.2, 0.25) is 5.91 Å². The van der Waals surface area contributed by atoms with Crippen LogP contribution in [-0.4, -0.2) is 37.1 Å². The fourth-order valence-electron chi connectivity index (χ4n) is 6.83. The summed E-state index contributed by atoms with van der Waals surface area (Å²) in [5.41, 5.74) is 3.33. The van der Waals surface area contributed by atoms with Gasteiger partial charge in [-0.2, -0.15) is 0 Å². The maximum Gasteiger partial charge on any atom is 0.302 e. The standard InChI is InChI=1S/C26H41NO5/c1-16(28)27-14-22-21-10-11-25(4,5)23(21)7-8-24(22)26(6)12-9-20(32-18(3)30)13-19(26)15-31-17(2)29/h19-20,22,24H,7-15H2,1-6H3,(H,27,28)/t19?,20?,22-,24-,26?/m0/s1. The highest BCUT2D eigenvalue weighted by atomic mass is 16.5. The molecule has 1 saturated carbocycles. The Hall–Kier alpha value is -1.85. The normalized spacial score (nSPS) is 33.9. The van der Waals surface area contributed by atoms with Crippen LogP contribution in [-0.2, 0) is 23.9 Å². The van der Waals surface area contributed by atoms with Crippen molar-refractivity contribution < 1.29 is 23.9 Å². The first kappa shape index (κ1) is 24.8. The minimum atomic E-state index is -0.275. The predicted octanol–water partition coefficient (Wildman–Crippen LogP) is 4.57. The Labute approximate surface area is 192 Å². The second-order valence-corrected chi connectivity index (χ2v) is 11.1. The highest BCUT2D eigenvalue weighted by Gasteiger charge is 2.52. The van der Waals surface area contributed by atoms with Gasteiger partial charge in [-0.05, 0) is 61.7 Å². The lowest BCUT2D eigenvalue weighted by atomic mass is 9.53. The largest absolute Gasteiger partial charge is 0.466 e. The minimum absolute atomic E-state index is 0.00825. The smallest absolute Gasteiger partial charge is 0.302 e. The van der Waals surface area contributed by atoms with Crippen molar-refractivity contribution >= 4 is 17.8 Å². The van der Waals surface area contributed by atoms with Crippen LogP contribution in [0.3, 0.4) is 0 Å². The summed E-state index contributed by atoms with van der Waals surface area (Å²) in [6.45, 7) is 12.5. The predicted molar refractivity (Wildman–Crippen MR) is 123 cm³/mol. The summed E-state index contributed by atoms with van der Waals surface area (Å²) in [4.78, 5) is 35.0. The number of amides is 1. The number of nitrogens with one attached hydrogen (secondary N) is 1.